The van der Waals surface area contributed by atoms with Crippen molar-refractivity contribution in [2.45, 2.75) is 0 Å². The van der Waals surface area contributed by atoms with Gasteiger partial charge in [0.25, 0.3) is 5.56 Å². The summed E-state index contributed by atoms with van der Waals surface area (Å²) in [5, 5.41) is 2.19. The molecule has 3 aromatic rings. The van der Waals surface area contributed by atoms with Crippen LogP contribution in [0.25, 0.3) is 21.3 Å². The van der Waals surface area contributed by atoms with E-state index in [9.17, 15) is 14.0 Å². The average molecular weight is 262 g/mol. The number of hydrogen-bond acceptors (Lipinski definition) is 3. The van der Waals surface area contributed by atoms with Crippen molar-refractivity contribution in [1.82, 2.24) is 9.97 Å². The van der Waals surface area contributed by atoms with Gasteiger partial charge in [-0.3, -0.25) is 14.8 Å². The number of nitrogens with one attached hydrogen (secondary N) is 2. The number of aromatic nitrogens is 2. The maximum atomic E-state index is 12.9. The van der Waals surface area contributed by atoms with Crippen molar-refractivity contribution >= 4 is 21.6 Å². The molecule has 6 heteroatoms. The normalized spacial score (nSPS) is 10.9. The van der Waals surface area contributed by atoms with Crippen molar-refractivity contribution in [1.29, 1.82) is 0 Å². The van der Waals surface area contributed by atoms with E-state index in [1.165, 1.54) is 23.5 Å². The minimum atomic E-state index is -0.528. The molecule has 1 aromatic carbocycles. The topological polar surface area (TPSA) is 65.7 Å². The molecule has 0 saturated heterocycles. The molecular weight excluding hydrogens is 255 g/mol. The third-order valence-electron chi connectivity index (χ3n) is 2.63. The van der Waals surface area contributed by atoms with Crippen LogP contribution in [0.5, 0.6) is 0 Å². The number of halogens is 1. The van der Waals surface area contributed by atoms with E-state index in [1.54, 1.807) is 17.5 Å². The predicted molar refractivity (Wildman–Crippen MR) is 68.5 cm³/mol. The Morgan fingerprint density at radius 1 is 1.06 bits per heavy atom. The lowest BCUT2D eigenvalue weighted by Gasteiger charge is -1.98. The number of hydrogen-bond donors (Lipinski definition) is 2. The van der Waals surface area contributed by atoms with Crippen LogP contribution in [0.2, 0.25) is 0 Å². The molecule has 0 saturated carbocycles. The second kappa shape index (κ2) is 3.92. The van der Waals surface area contributed by atoms with Gasteiger partial charge in [0.1, 0.15) is 10.6 Å². The molecule has 0 unspecified atom stereocenters. The summed E-state index contributed by atoms with van der Waals surface area (Å²) in [7, 11) is 0. The lowest BCUT2D eigenvalue weighted by Crippen LogP contribution is -2.21. The molecule has 90 valence electrons. The molecule has 0 amide bonds. The SMILES string of the molecule is O=c1[nH]c(=O)c2c(-c3ccc(F)cc3)csc2[nH]1. The van der Waals surface area contributed by atoms with Gasteiger partial charge in [0.05, 0.1) is 5.39 Å². The zero-order chi connectivity index (χ0) is 12.7. The van der Waals surface area contributed by atoms with Gasteiger partial charge in [0, 0.05) is 10.9 Å². The van der Waals surface area contributed by atoms with Gasteiger partial charge in [-0.1, -0.05) is 12.1 Å². The van der Waals surface area contributed by atoms with Crippen molar-refractivity contribution < 1.29 is 4.39 Å². The highest BCUT2D eigenvalue weighted by Crippen LogP contribution is 2.29. The fourth-order valence-electron chi connectivity index (χ4n) is 1.82. The predicted octanol–water partition coefficient (Wildman–Crippen LogP) is 2.08. The standard InChI is InChI=1S/C12H7FN2O2S/c13-7-3-1-6(2-4-7)8-5-18-11-9(8)10(16)14-12(17)15-11/h1-5H,(H2,14,15,16,17). The number of rotatable bonds is 1. The van der Waals surface area contributed by atoms with E-state index in [2.05, 4.69) is 9.97 Å². The summed E-state index contributed by atoms with van der Waals surface area (Å²) in [4.78, 5) is 28.2. The molecule has 0 aliphatic heterocycles. The summed E-state index contributed by atoms with van der Waals surface area (Å²) >= 11 is 1.27. The van der Waals surface area contributed by atoms with Crippen molar-refractivity contribution in [2.24, 2.45) is 0 Å². The van der Waals surface area contributed by atoms with Crippen LogP contribution in [0.4, 0.5) is 4.39 Å². The third-order valence-corrected chi connectivity index (χ3v) is 3.52. The van der Waals surface area contributed by atoms with Crippen LogP contribution in [-0.2, 0) is 0 Å². The molecule has 0 atom stereocenters. The molecule has 0 aliphatic rings. The van der Waals surface area contributed by atoms with Gasteiger partial charge in [-0.05, 0) is 17.7 Å². The minimum Gasteiger partial charge on any atom is -0.298 e. The van der Waals surface area contributed by atoms with Crippen LogP contribution in [0.1, 0.15) is 0 Å². The Hall–Kier alpha value is -2.21. The fourth-order valence-corrected chi connectivity index (χ4v) is 2.78. The number of H-pyrrole nitrogens is 2. The Bertz CT molecular complexity index is 830. The van der Waals surface area contributed by atoms with Crippen LogP contribution < -0.4 is 11.2 Å². The van der Waals surface area contributed by atoms with Crippen LogP contribution in [0, 0.1) is 5.82 Å². The van der Waals surface area contributed by atoms with E-state index in [-0.39, 0.29) is 5.82 Å². The summed E-state index contributed by atoms with van der Waals surface area (Å²) in [6, 6.07) is 5.86. The molecule has 0 bridgehead atoms. The largest absolute Gasteiger partial charge is 0.326 e. The van der Waals surface area contributed by atoms with Gasteiger partial charge >= 0.3 is 5.69 Å². The molecule has 2 N–H and O–H groups in total. The molecule has 0 aliphatic carbocycles. The quantitative estimate of drug-likeness (QED) is 0.705. The van der Waals surface area contributed by atoms with E-state index < -0.39 is 11.2 Å². The molecule has 3 rings (SSSR count). The first-order chi connectivity index (χ1) is 8.65. The Morgan fingerprint density at radius 3 is 2.50 bits per heavy atom. The monoisotopic (exact) mass is 262 g/mol. The van der Waals surface area contributed by atoms with E-state index in [4.69, 9.17) is 0 Å². The first-order valence-electron chi connectivity index (χ1n) is 5.15. The summed E-state index contributed by atoms with van der Waals surface area (Å²) in [5.41, 5.74) is 0.460. The molecule has 4 nitrogen and oxygen atoms in total. The maximum absolute atomic E-state index is 12.9. The fraction of sp³-hybridized carbons (Fsp3) is 0. The molecule has 0 fully saturated rings. The van der Waals surface area contributed by atoms with Gasteiger partial charge in [-0.2, -0.15) is 0 Å². The van der Waals surface area contributed by atoms with Crippen molar-refractivity contribution in [3.05, 3.63) is 56.3 Å². The minimum absolute atomic E-state index is 0.333. The lowest BCUT2D eigenvalue weighted by atomic mass is 10.1. The van der Waals surface area contributed by atoms with Crippen molar-refractivity contribution in [3.8, 4) is 11.1 Å². The summed E-state index contributed by atoms with van der Waals surface area (Å²) < 4.78 is 12.9. The van der Waals surface area contributed by atoms with E-state index in [1.807, 2.05) is 0 Å². The molecule has 18 heavy (non-hydrogen) atoms. The Balaban J connectivity index is 2.34. The first-order valence-corrected chi connectivity index (χ1v) is 6.03. The summed E-state index contributed by atoms with van der Waals surface area (Å²) in [6.07, 6.45) is 0. The smallest absolute Gasteiger partial charge is 0.298 e. The van der Waals surface area contributed by atoms with Crippen LogP contribution in [0.3, 0.4) is 0 Å². The van der Waals surface area contributed by atoms with Gasteiger partial charge in [-0.25, -0.2) is 9.18 Å². The summed E-state index contributed by atoms with van der Waals surface area (Å²) in [5.74, 6) is -0.333. The van der Waals surface area contributed by atoms with E-state index in [0.717, 1.165) is 5.56 Å². The second-order valence-corrected chi connectivity index (χ2v) is 4.65. The lowest BCUT2D eigenvalue weighted by molar-refractivity contribution is 0.628. The zero-order valence-corrected chi connectivity index (χ0v) is 9.81. The van der Waals surface area contributed by atoms with Crippen molar-refractivity contribution in [2.75, 3.05) is 0 Å². The third kappa shape index (κ3) is 1.67. The molecular formula is C12H7FN2O2S. The van der Waals surface area contributed by atoms with Crippen LogP contribution in [0.15, 0.2) is 39.2 Å². The number of fused-ring (bicyclic) bond motifs is 1. The number of benzene rings is 1. The van der Waals surface area contributed by atoms with Crippen LogP contribution in [-0.4, -0.2) is 9.97 Å². The van der Waals surface area contributed by atoms with Gasteiger partial charge < -0.3 is 0 Å². The highest BCUT2D eigenvalue weighted by molar-refractivity contribution is 7.17. The zero-order valence-electron chi connectivity index (χ0n) is 8.99. The highest BCUT2D eigenvalue weighted by Gasteiger charge is 2.11. The summed E-state index contributed by atoms with van der Waals surface area (Å²) in [6.45, 7) is 0. The van der Waals surface area contributed by atoms with Gasteiger partial charge in [0.15, 0.2) is 0 Å². The maximum Gasteiger partial charge on any atom is 0.326 e. The molecule has 2 aromatic heterocycles. The Labute approximate surface area is 104 Å². The Morgan fingerprint density at radius 2 is 1.78 bits per heavy atom. The highest BCUT2D eigenvalue weighted by atomic mass is 32.1. The molecule has 0 radical (unpaired) electrons. The van der Waals surface area contributed by atoms with E-state index in [0.29, 0.717) is 15.8 Å². The van der Waals surface area contributed by atoms with Gasteiger partial charge in [-0.15, -0.1) is 11.3 Å². The second-order valence-electron chi connectivity index (χ2n) is 3.77. The number of aromatic amines is 2. The Kier molecular flexibility index (Phi) is 2.38. The van der Waals surface area contributed by atoms with Gasteiger partial charge in [0.2, 0.25) is 0 Å². The molecule has 0 spiro atoms. The van der Waals surface area contributed by atoms with E-state index >= 15 is 0 Å². The first kappa shape index (κ1) is 10.9. The average Bonchev–Trinajstić information content (AvgIpc) is 2.74. The number of thiophene rings is 1. The van der Waals surface area contributed by atoms with Crippen LogP contribution >= 0.6 is 11.3 Å². The molecule has 2 heterocycles. The van der Waals surface area contributed by atoms with Crippen molar-refractivity contribution in [3.63, 3.8) is 0 Å².